The smallest absolute Gasteiger partial charge is 0.203 e. The van der Waals surface area contributed by atoms with E-state index in [0.29, 0.717) is 0 Å². The maximum absolute atomic E-state index is 4.46. The summed E-state index contributed by atoms with van der Waals surface area (Å²) in [5.74, 6) is 0.871. The normalized spacial score (nSPS) is 10.6. The van der Waals surface area contributed by atoms with Gasteiger partial charge in [-0.3, -0.25) is 4.68 Å². The van der Waals surface area contributed by atoms with Crippen LogP contribution in [0.25, 0.3) is 0 Å². The average Bonchev–Trinajstić information content (AvgIpc) is 2.80. The van der Waals surface area contributed by atoms with Gasteiger partial charge >= 0.3 is 0 Å². The second kappa shape index (κ2) is 5.08. The molecule has 1 N–H and O–H groups in total. The summed E-state index contributed by atoms with van der Waals surface area (Å²) in [5.41, 5.74) is 3.23. The fraction of sp³-hybridized carbons (Fsp3) is 0.385. The van der Waals surface area contributed by atoms with E-state index in [0.717, 1.165) is 30.4 Å². The molecule has 2 heterocycles. The van der Waals surface area contributed by atoms with E-state index in [1.54, 1.807) is 0 Å². The van der Waals surface area contributed by atoms with Crippen LogP contribution < -0.4 is 5.32 Å². The summed E-state index contributed by atoms with van der Waals surface area (Å²) >= 11 is 0. The fourth-order valence-electron chi connectivity index (χ4n) is 1.96. The van der Waals surface area contributed by atoms with E-state index < -0.39 is 0 Å². The molecule has 0 amide bonds. The molecule has 0 aliphatic carbocycles. The third-order valence-corrected chi connectivity index (χ3v) is 2.77. The zero-order valence-corrected chi connectivity index (χ0v) is 11.1. The zero-order chi connectivity index (χ0) is 13.1. The molecule has 0 aliphatic heterocycles. The van der Waals surface area contributed by atoms with Crippen molar-refractivity contribution in [3.63, 3.8) is 0 Å². The van der Waals surface area contributed by atoms with E-state index in [1.807, 2.05) is 48.6 Å². The molecule has 0 aliphatic rings. The number of allylic oxidation sites excluding steroid dienone is 1. The lowest BCUT2D eigenvalue weighted by molar-refractivity contribution is 0.756. The second-order valence-electron chi connectivity index (χ2n) is 4.41. The Balaban J connectivity index is 2.10. The molecule has 0 unspecified atom stereocenters. The Morgan fingerprint density at radius 3 is 2.78 bits per heavy atom. The van der Waals surface area contributed by atoms with Crippen molar-refractivity contribution in [2.75, 3.05) is 5.32 Å². The number of nitrogens with one attached hydrogen (secondary N) is 1. The summed E-state index contributed by atoms with van der Waals surface area (Å²) in [5, 5.41) is 7.66. The van der Waals surface area contributed by atoms with Gasteiger partial charge in [0.15, 0.2) is 0 Å². The van der Waals surface area contributed by atoms with E-state index in [4.69, 9.17) is 0 Å². The van der Waals surface area contributed by atoms with Crippen LogP contribution in [0.15, 0.2) is 25.0 Å². The Bertz CT molecular complexity index is 550. The van der Waals surface area contributed by atoms with E-state index in [-0.39, 0.29) is 0 Å². The number of aryl methyl sites for hydroxylation is 3. The van der Waals surface area contributed by atoms with Crippen LogP contribution in [0.3, 0.4) is 0 Å². The number of aromatic nitrogens is 4. The quantitative estimate of drug-likeness (QED) is 0.820. The molecule has 0 saturated carbocycles. The van der Waals surface area contributed by atoms with Crippen LogP contribution in [-0.2, 0) is 20.1 Å². The van der Waals surface area contributed by atoms with E-state index >= 15 is 0 Å². The first-order chi connectivity index (χ1) is 8.60. The highest BCUT2D eigenvalue weighted by Gasteiger charge is 2.06. The van der Waals surface area contributed by atoms with Crippen molar-refractivity contribution in [2.45, 2.75) is 26.9 Å². The molecule has 2 rings (SSSR count). The molecular formula is C13H19N5. The third kappa shape index (κ3) is 2.61. The maximum Gasteiger partial charge on any atom is 0.203 e. The number of nitrogens with zero attached hydrogens (tertiary/aromatic N) is 4. The van der Waals surface area contributed by atoms with Gasteiger partial charge in [-0.05, 0) is 13.8 Å². The Labute approximate surface area is 107 Å². The molecule has 0 bridgehead atoms. The molecule has 0 aromatic carbocycles. The van der Waals surface area contributed by atoms with Crippen molar-refractivity contribution < 1.29 is 0 Å². The third-order valence-electron chi connectivity index (χ3n) is 2.77. The number of hydrogen-bond acceptors (Lipinski definition) is 3. The lowest BCUT2D eigenvalue weighted by Crippen LogP contribution is -2.06. The molecule has 5 nitrogen and oxygen atoms in total. The zero-order valence-electron chi connectivity index (χ0n) is 11.1. The highest BCUT2D eigenvalue weighted by Crippen LogP contribution is 2.12. The standard InChI is InChI=1S/C13H19N5/c1-5-6-18-8-10(2)15-13(18)14-7-12-9-17(4)16-11(12)3/h5,8-9H,1,6-7H2,2-4H3,(H,14,15). The van der Waals surface area contributed by atoms with Crippen LogP contribution in [0.4, 0.5) is 5.95 Å². The van der Waals surface area contributed by atoms with Crippen molar-refractivity contribution in [1.82, 2.24) is 19.3 Å². The molecule has 0 spiro atoms. The van der Waals surface area contributed by atoms with Gasteiger partial charge in [-0.25, -0.2) is 4.98 Å². The number of hydrogen-bond donors (Lipinski definition) is 1. The van der Waals surface area contributed by atoms with Crippen molar-refractivity contribution in [3.8, 4) is 0 Å². The molecule has 96 valence electrons. The van der Waals surface area contributed by atoms with E-state index in [9.17, 15) is 0 Å². The van der Waals surface area contributed by atoms with E-state index in [2.05, 4.69) is 22.0 Å². The van der Waals surface area contributed by atoms with Crippen molar-refractivity contribution >= 4 is 5.95 Å². The minimum Gasteiger partial charge on any atom is -0.351 e. The molecule has 2 aromatic heterocycles. The molecule has 0 radical (unpaired) electrons. The predicted octanol–water partition coefficient (Wildman–Crippen LogP) is 2.03. The van der Waals surface area contributed by atoms with Gasteiger partial charge < -0.3 is 9.88 Å². The van der Waals surface area contributed by atoms with Gasteiger partial charge in [-0.2, -0.15) is 5.10 Å². The lowest BCUT2D eigenvalue weighted by atomic mass is 10.3. The monoisotopic (exact) mass is 245 g/mol. The van der Waals surface area contributed by atoms with E-state index in [1.165, 1.54) is 5.56 Å². The number of rotatable bonds is 5. The van der Waals surface area contributed by atoms with Crippen LogP contribution in [-0.4, -0.2) is 19.3 Å². The Morgan fingerprint density at radius 2 is 2.17 bits per heavy atom. The molecule has 5 heteroatoms. The van der Waals surface area contributed by atoms with Gasteiger partial charge in [0.2, 0.25) is 5.95 Å². The molecular weight excluding hydrogens is 226 g/mol. The van der Waals surface area contributed by atoms with Gasteiger partial charge in [0.1, 0.15) is 0 Å². The number of imidazole rings is 1. The summed E-state index contributed by atoms with van der Waals surface area (Å²) in [7, 11) is 1.93. The van der Waals surface area contributed by atoms with Gasteiger partial charge in [-0.15, -0.1) is 6.58 Å². The van der Waals surface area contributed by atoms with Crippen LogP contribution >= 0.6 is 0 Å². The summed E-state index contributed by atoms with van der Waals surface area (Å²) in [6.07, 6.45) is 5.90. The van der Waals surface area contributed by atoms with Crippen molar-refractivity contribution in [2.24, 2.45) is 7.05 Å². The fourth-order valence-corrected chi connectivity index (χ4v) is 1.96. The summed E-state index contributed by atoms with van der Waals surface area (Å²) in [6, 6.07) is 0. The second-order valence-corrected chi connectivity index (χ2v) is 4.41. The van der Waals surface area contributed by atoms with Crippen LogP contribution in [0.1, 0.15) is 17.0 Å². The van der Waals surface area contributed by atoms with Gasteiger partial charge in [0.05, 0.1) is 11.4 Å². The lowest BCUT2D eigenvalue weighted by Gasteiger charge is -2.07. The Hall–Kier alpha value is -2.04. The molecule has 0 saturated heterocycles. The summed E-state index contributed by atoms with van der Waals surface area (Å²) < 4.78 is 3.88. The maximum atomic E-state index is 4.46. The first-order valence-corrected chi connectivity index (χ1v) is 5.98. The van der Waals surface area contributed by atoms with Crippen LogP contribution in [0.2, 0.25) is 0 Å². The number of anilines is 1. The first-order valence-electron chi connectivity index (χ1n) is 5.98. The SMILES string of the molecule is C=CCn1cc(C)nc1NCc1cn(C)nc1C. The minimum absolute atomic E-state index is 0.729. The Morgan fingerprint density at radius 1 is 1.39 bits per heavy atom. The highest BCUT2D eigenvalue weighted by molar-refractivity contribution is 5.31. The van der Waals surface area contributed by atoms with Crippen LogP contribution in [0, 0.1) is 13.8 Å². The van der Waals surface area contributed by atoms with Gasteiger partial charge in [0.25, 0.3) is 0 Å². The topological polar surface area (TPSA) is 47.7 Å². The van der Waals surface area contributed by atoms with Crippen LogP contribution in [0.5, 0.6) is 0 Å². The minimum atomic E-state index is 0.729. The average molecular weight is 245 g/mol. The largest absolute Gasteiger partial charge is 0.351 e. The Kier molecular flexibility index (Phi) is 3.50. The summed E-state index contributed by atoms with van der Waals surface area (Å²) in [4.78, 5) is 4.46. The highest BCUT2D eigenvalue weighted by atomic mass is 15.3. The van der Waals surface area contributed by atoms with Gasteiger partial charge in [0, 0.05) is 38.1 Å². The first kappa shape index (κ1) is 12.4. The van der Waals surface area contributed by atoms with Crippen molar-refractivity contribution in [1.29, 1.82) is 0 Å². The molecule has 0 fully saturated rings. The molecule has 18 heavy (non-hydrogen) atoms. The molecule has 2 aromatic rings. The summed E-state index contributed by atoms with van der Waals surface area (Å²) in [6.45, 7) is 9.24. The van der Waals surface area contributed by atoms with Gasteiger partial charge in [-0.1, -0.05) is 6.08 Å². The predicted molar refractivity (Wildman–Crippen MR) is 72.4 cm³/mol. The van der Waals surface area contributed by atoms with Crippen molar-refractivity contribution in [3.05, 3.63) is 42.0 Å². The molecule has 0 atom stereocenters.